The predicted octanol–water partition coefficient (Wildman–Crippen LogP) is 4.50. The second kappa shape index (κ2) is 6.22. The van der Waals surface area contributed by atoms with Crippen molar-refractivity contribution in [1.82, 2.24) is 0 Å². The van der Waals surface area contributed by atoms with E-state index in [-0.39, 0.29) is 20.6 Å². The molecule has 0 spiro atoms. The van der Waals surface area contributed by atoms with Gasteiger partial charge in [0.2, 0.25) is 0 Å². The van der Waals surface area contributed by atoms with Gasteiger partial charge < -0.3 is 0 Å². The van der Waals surface area contributed by atoms with Crippen LogP contribution in [0.5, 0.6) is 0 Å². The maximum Gasteiger partial charge on any atom is 0.263 e. The van der Waals surface area contributed by atoms with Crippen molar-refractivity contribution in [2.45, 2.75) is 18.2 Å². The monoisotopic (exact) mass is 347 g/mol. The van der Waals surface area contributed by atoms with Gasteiger partial charge in [0.05, 0.1) is 15.7 Å². The molecule has 0 amide bonds. The highest BCUT2D eigenvalue weighted by Gasteiger charge is 2.20. The van der Waals surface area contributed by atoms with E-state index in [1.54, 1.807) is 0 Å². The number of benzene rings is 2. The molecule has 0 aromatic heterocycles. The summed E-state index contributed by atoms with van der Waals surface area (Å²) in [6, 6.07) is 8.45. The molecule has 2 aromatic rings. The SMILES string of the molecule is CCc1ccc(NS(=O)(=O)c2cccc(Cl)c2Cl)cc1F. The largest absolute Gasteiger partial charge is 0.279 e. The molecule has 0 aliphatic rings. The van der Waals surface area contributed by atoms with Gasteiger partial charge in [-0.15, -0.1) is 0 Å². The minimum Gasteiger partial charge on any atom is -0.279 e. The number of nitrogens with one attached hydrogen (secondary N) is 1. The maximum absolute atomic E-state index is 13.7. The van der Waals surface area contributed by atoms with Crippen LogP contribution < -0.4 is 4.72 Å². The minimum absolute atomic E-state index is 0.0719. The van der Waals surface area contributed by atoms with E-state index in [0.29, 0.717) is 12.0 Å². The highest BCUT2D eigenvalue weighted by Crippen LogP contribution is 2.30. The molecule has 21 heavy (non-hydrogen) atoms. The van der Waals surface area contributed by atoms with E-state index >= 15 is 0 Å². The summed E-state index contributed by atoms with van der Waals surface area (Å²) in [6.45, 7) is 1.81. The molecule has 3 nitrogen and oxygen atoms in total. The fourth-order valence-corrected chi connectivity index (χ4v) is 3.61. The first-order valence-corrected chi connectivity index (χ1v) is 8.34. The highest BCUT2D eigenvalue weighted by atomic mass is 35.5. The smallest absolute Gasteiger partial charge is 0.263 e. The molecule has 0 unspecified atom stereocenters. The van der Waals surface area contributed by atoms with Crippen molar-refractivity contribution >= 4 is 38.9 Å². The van der Waals surface area contributed by atoms with Gasteiger partial charge >= 0.3 is 0 Å². The highest BCUT2D eigenvalue weighted by molar-refractivity contribution is 7.92. The minimum atomic E-state index is -3.94. The Hall–Kier alpha value is -1.30. The predicted molar refractivity (Wildman–Crippen MR) is 83.0 cm³/mol. The number of aryl methyl sites for hydroxylation is 1. The molecule has 0 fully saturated rings. The Kier molecular flexibility index (Phi) is 4.76. The van der Waals surface area contributed by atoms with Crippen LogP contribution in [0.25, 0.3) is 0 Å². The van der Waals surface area contributed by atoms with E-state index in [1.807, 2.05) is 6.92 Å². The fraction of sp³-hybridized carbons (Fsp3) is 0.143. The molecule has 1 N–H and O–H groups in total. The van der Waals surface area contributed by atoms with E-state index in [9.17, 15) is 12.8 Å². The molecule has 0 saturated carbocycles. The van der Waals surface area contributed by atoms with Gasteiger partial charge in [-0.3, -0.25) is 4.72 Å². The van der Waals surface area contributed by atoms with Crippen molar-refractivity contribution in [3.05, 3.63) is 57.8 Å². The van der Waals surface area contributed by atoms with E-state index in [1.165, 1.54) is 30.3 Å². The van der Waals surface area contributed by atoms with E-state index in [0.717, 1.165) is 6.07 Å². The average Bonchev–Trinajstić information content (AvgIpc) is 2.41. The zero-order chi connectivity index (χ0) is 15.6. The van der Waals surface area contributed by atoms with Crippen molar-refractivity contribution < 1.29 is 12.8 Å². The molecule has 0 saturated heterocycles. The van der Waals surface area contributed by atoms with Gasteiger partial charge in [0.15, 0.2) is 0 Å². The van der Waals surface area contributed by atoms with Crippen LogP contribution in [0.2, 0.25) is 10.0 Å². The zero-order valence-corrected chi connectivity index (χ0v) is 13.4. The molecule has 0 aliphatic heterocycles. The fourth-order valence-electron chi connectivity index (χ4n) is 1.80. The van der Waals surface area contributed by atoms with Gasteiger partial charge in [-0.05, 0) is 36.2 Å². The van der Waals surface area contributed by atoms with Crippen molar-refractivity contribution in [3.63, 3.8) is 0 Å². The van der Waals surface area contributed by atoms with Crippen molar-refractivity contribution in [2.75, 3.05) is 4.72 Å². The van der Waals surface area contributed by atoms with Crippen LogP contribution in [0, 0.1) is 5.82 Å². The normalized spacial score (nSPS) is 11.4. The summed E-state index contributed by atoms with van der Waals surface area (Å²) >= 11 is 11.7. The summed E-state index contributed by atoms with van der Waals surface area (Å²) < 4.78 is 40.5. The number of rotatable bonds is 4. The molecule has 0 atom stereocenters. The molecule has 0 radical (unpaired) electrons. The van der Waals surface area contributed by atoms with Crippen LogP contribution in [0.3, 0.4) is 0 Å². The first kappa shape index (κ1) is 16.1. The average molecular weight is 348 g/mol. The summed E-state index contributed by atoms with van der Waals surface area (Å²) in [7, 11) is -3.94. The Morgan fingerprint density at radius 3 is 2.52 bits per heavy atom. The topological polar surface area (TPSA) is 46.2 Å². The van der Waals surface area contributed by atoms with Crippen LogP contribution in [0.15, 0.2) is 41.3 Å². The maximum atomic E-state index is 13.7. The molecular weight excluding hydrogens is 336 g/mol. The van der Waals surface area contributed by atoms with Gasteiger partial charge in [-0.1, -0.05) is 42.3 Å². The summed E-state index contributed by atoms with van der Waals surface area (Å²) in [5, 5.41) is 0.0596. The Bertz CT molecular complexity index is 779. The van der Waals surface area contributed by atoms with Gasteiger partial charge in [0.1, 0.15) is 10.7 Å². The molecule has 0 heterocycles. The number of hydrogen-bond donors (Lipinski definition) is 1. The molecule has 2 rings (SSSR count). The number of anilines is 1. The Morgan fingerprint density at radius 2 is 1.90 bits per heavy atom. The van der Waals surface area contributed by atoms with Crippen LogP contribution >= 0.6 is 23.2 Å². The molecule has 2 aromatic carbocycles. The van der Waals surface area contributed by atoms with Gasteiger partial charge in [0.25, 0.3) is 10.0 Å². The van der Waals surface area contributed by atoms with Gasteiger partial charge in [-0.25, -0.2) is 12.8 Å². The van der Waals surface area contributed by atoms with Crippen LogP contribution in [0.4, 0.5) is 10.1 Å². The first-order chi connectivity index (χ1) is 9.85. The molecular formula is C14H12Cl2FNO2S. The lowest BCUT2D eigenvalue weighted by molar-refractivity contribution is 0.601. The van der Waals surface area contributed by atoms with Crippen molar-refractivity contribution in [2.24, 2.45) is 0 Å². The summed E-state index contributed by atoms with van der Waals surface area (Å²) in [4.78, 5) is -0.156. The molecule has 112 valence electrons. The summed E-state index contributed by atoms with van der Waals surface area (Å²) in [5.41, 5.74) is 0.638. The summed E-state index contributed by atoms with van der Waals surface area (Å²) in [5.74, 6) is -0.463. The molecule has 0 bridgehead atoms. The van der Waals surface area contributed by atoms with Crippen LogP contribution in [-0.2, 0) is 16.4 Å². The Balaban J connectivity index is 2.38. The summed E-state index contributed by atoms with van der Waals surface area (Å²) in [6.07, 6.45) is 0.527. The van der Waals surface area contributed by atoms with Gasteiger partial charge in [-0.2, -0.15) is 0 Å². The van der Waals surface area contributed by atoms with E-state index in [2.05, 4.69) is 4.72 Å². The lowest BCUT2D eigenvalue weighted by atomic mass is 10.1. The third-order valence-electron chi connectivity index (χ3n) is 2.89. The van der Waals surface area contributed by atoms with Gasteiger partial charge in [0, 0.05) is 0 Å². The lowest BCUT2D eigenvalue weighted by Gasteiger charge is -2.11. The quantitative estimate of drug-likeness (QED) is 0.885. The van der Waals surface area contributed by atoms with E-state index < -0.39 is 15.8 Å². The third kappa shape index (κ3) is 3.48. The third-order valence-corrected chi connectivity index (χ3v) is 5.25. The van der Waals surface area contributed by atoms with Crippen LogP contribution in [-0.4, -0.2) is 8.42 Å². The zero-order valence-electron chi connectivity index (χ0n) is 11.0. The number of halogens is 3. The first-order valence-electron chi connectivity index (χ1n) is 6.10. The molecule has 0 aliphatic carbocycles. The van der Waals surface area contributed by atoms with E-state index in [4.69, 9.17) is 23.2 Å². The van der Waals surface area contributed by atoms with Crippen LogP contribution in [0.1, 0.15) is 12.5 Å². The van der Waals surface area contributed by atoms with Crippen molar-refractivity contribution in [1.29, 1.82) is 0 Å². The molecule has 7 heteroatoms. The standard InChI is InChI=1S/C14H12Cl2FNO2S/c1-2-9-6-7-10(8-12(9)17)18-21(19,20)13-5-3-4-11(15)14(13)16/h3-8,18H,2H2,1H3. The Labute approximate surface area is 132 Å². The number of sulfonamides is 1. The Morgan fingerprint density at radius 1 is 1.19 bits per heavy atom. The second-order valence-corrected chi connectivity index (χ2v) is 6.75. The van der Waals surface area contributed by atoms with Crippen molar-refractivity contribution in [3.8, 4) is 0 Å². The lowest BCUT2D eigenvalue weighted by Crippen LogP contribution is -2.13. The number of hydrogen-bond acceptors (Lipinski definition) is 2. The second-order valence-electron chi connectivity index (χ2n) is 4.32.